The summed E-state index contributed by atoms with van der Waals surface area (Å²) in [4.78, 5) is 0. The summed E-state index contributed by atoms with van der Waals surface area (Å²) in [5, 5.41) is 0.160. The van der Waals surface area contributed by atoms with E-state index in [1.807, 2.05) is 18.2 Å². The largest absolute Gasteiger partial charge is 0.497 e. The van der Waals surface area contributed by atoms with Gasteiger partial charge in [0.2, 0.25) is 0 Å². The van der Waals surface area contributed by atoms with E-state index < -0.39 is 0 Å². The first kappa shape index (κ1) is 14.0. The van der Waals surface area contributed by atoms with E-state index in [2.05, 4.69) is 36.4 Å². The van der Waals surface area contributed by atoms with Crippen LogP contribution in [-0.4, -0.2) is 12.5 Å². The Bertz CT molecular complexity index is 496. The molecule has 0 aliphatic rings. The normalized spacial score (nSPS) is 12.1. The summed E-state index contributed by atoms with van der Waals surface area (Å²) in [6.07, 6.45) is 2.90. The van der Waals surface area contributed by atoms with Gasteiger partial charge in [-0.1, -0.05) is 42.5 Å². The highest BCUT2D eigenvalue weighted by atomic mass is 35.5. The van der Waals surface area contributed by atoms with Gasteiger partial charge in [0.25, 0.3) is 0 Å². The molecule has 0 saturated heterocycles. The van der Waals surface area contributed by atoms with Crippen molar-refractivity contribution in [1.29, 1.82) is 0 Å². The molecule has 2 aromatic rings. The van der Waals surface area contributed by atoms with Crippen molar-refractivity contribution in [3.8, 4) is 5.75 Å². The van der Waals surface area contributed by atoms with E-state index in [0.29, 0.717) is 0 Å². The lowest BCUT2D eigenvalue weighted by atomic mass is 10.0. The zero-order chi connectivity index (χ0) is 13.5. The fourth-order valence-corrected chi connectivity index (χ4v) is 2.41. The Hall–Kier alpha value is -1.47. The molecule has 0 fully saturated rings. The van der Waals surface area contributed by atoms with Crippen molar-refractivity contribution in [2.24, 2.45) is 0 Å². The Morgan fingerprint density at radius 3 is 2.47 bits per heavy atom. The van der Waals surface area contributed by atoms with Crippen LogP contribution < -0.4 is 4.74 Å². The maximum atomic E-state index is 6.42. The van der Waals surface area contributed by atoms with Crippen molar-refractivity contribution in [2.45, 2.75) is 24.6 Å². The first-order valence-corrected chi connectivity index (χ1v) is 7.02. The Labute approximate surface area is 120 Å². The standard InChI is InChI=1S/C17H19ClO/c1-19-17-9-5-8-15(13-17)12-16(18)11-10-14-6-3-2-4-7-14/h2-9,13,16H,10-12H2,1H3. The van der Waals surface area contributed by atoms with E-state index in [1.54, 1.807) is 7.11 Å². The first-order valence-electron chi connectivity index (χ1n) is 6.59. The maximum absolute atomic E-state index is 6.42. The molecule has 2 rings (SSSR count). The summed E-state index contributed by atoms with van der Waals surface area (Å²) in [6, 6.07) is 18.6. The second-order valence-electron chi connectivity index (χ2n) is 4.68. The van der Waals surface area contributed by atoms with Gasteiger partial charge in [0.1, 0.15) is 5.75 Å². The molecular weight excluding hydrogens is 256 g/mol. The molecule has 100 valence electrons. The van der Waals surface area contributed by atoms with E-state index in [9.17, 15) is 0 Å². The van der Waals surface area contributed by atoms with E-state index in [0.717, 1.165) is 25.0 Å². The molecule has 0 heterocycles. The SMILES string of the molecule is COc1cccc(CC(Cl)CCc2ccccc2)c1. The number of hydrogen-bond acceptors (Lipinski definition) is 1. The third-order valence-electron chi connectivity index (χ3n) is 3.18. The van der Waals surface area contributed by atoms with Crippen LogP contribution >= 0.6 is 11.6 Å². The predicted molar refractivity (Wildman–Crippen MR) is 81.1 cm³/mol. The molecule has 0 radical (unpaired) electrons. The Kier molecular flexibility index (Phi) is 5.29. The molecule has 2 aromatic carbocycles. The molecule has 0 aliphatic heterocycles. The van der Waals surface area contributed by atoms with Crippen molar-refractivity contribution in [1.82, 2.24) is 0 Å². The number of ether oxygens (including phenoxy) is 1. The zero-order valence-corrected chi connectivity index (χ0v) is 11.9. The smallest absolute Gasteiger partial charge is 0.119 e. The molecule has 19 heavy (non-hydrogen) atoms. The van der Waals surface area contributed by atoms with Gasteiger partial charge in [-0.2, -0.15) is 0 Å². The van der Waals surface area contributed by atoms with E-state index in [-0.39, 0.29) is 5.38 Å². The number of hydrogen-bond donors (Lipinski definition) is 0. The molecule has 1 nitrogen and oxygen atoms in total. The molecule has 0 saturated carbocycles. The van der Waals surface area contributed by atoms with Crippen molar-refractivity contribution >= 4 is 11.6 Å². The monoisotopic (exact) mass is 274 g/mol. The van der Waals surface area contributed by atoms with Crippen LogP contribution in [0, 0.1) is 0 Å². The number of halogens is 1. The quantitative estimate of drug-likeness (QED) is 0.706. The van der Waals surface area contributed by atoms with Crippen LogP contribution in [0.15, 0.2) is 54.6 Å². The number of benzene rings is 2. The molecule has 2 heteroatoms. The van der Waals surface area contributed by atoms with E-state index in [4.69, 9.17) is 16.3 Å². The lowest BCUT2D eigenvalue weighted by Crippen LogP contribution is -2.05. The molecule has 0 amide bonds. The van der Waals surface area contributed by atoms with Crippen molar-refractivity contribution in [3.05, 3.63) is 65.7 Å². The van der Waals surface area contributed by atoms with Gasteiger partial charge in [0.15, 0.2) is 0 Å². The molecule has 0 aliphatic carbocycles. The molecule has 1 atom stereocenters. The summed E-state index contributed by atoms with van der Waals surface area (Å²) in [6.45, 7) is 0. The summed E-state index contributed by atoms with van der Waals surface area (Å²) in [7, 11) is 1.69. The van der Waals surface area contributed by atoms with Crippen LogP contribution in [0.1, 0.15) is 17.5 Å². The van der Waals surface area contributed by atoms with Crippen molar-refractivity contribution in [3.63, 3.8) is 0 Å². The molecule has 1 unspecified atom stereocenters. The lowest BCUT2D eigenvalue weighted by molar-refractivity contribution is 0.414. The van der Waals surface area contributed by atoms with Crippen LogP contribution in [0.3, 0.4) is 0 Å². The van der Waals surface area contributed by atoms with Gasteiger partial charge < -0.3 is 4.74 Å². The van der Waals surface area contributed by atoms with E-state index >= 15 is 0 Å². The third-order valence-corrected chi connectivity index (χ3v) is 3.55. The fraction of sp³-hybridized carbons (Fsp3) is 0.294. The van der Waals surface area contributed by atoms with Gasteiger partial charge in [-0.05, 0) is 42.5 Å². The Morgan fingerprint density at radius 1 is 1.00 bits per heavy atom. The van der Waals surface area contributed by atoms with Gasteiger partial charge in [-0.15, -0.1) is 11.6 Å². The van der Waals surface area contributed by atoms with Crippen LogP contribution in [0.4, 0.5) is 0 Å². The first-order chi connectivity index (χ1) is 9.28. The Balaban J connectivity index is 1.85. The summed E-state index contributed by atoms with van der Waals surface area (Å²) in [5.74, 6) is 0.893. The minimum Gasteiger partial charge on any atom is -0.497 e. The van der Waals surface area contributed by atoms with Gasteiger partial charge in [-0.25, -0.2) is 0 Å². The average molecular weight is 275 g/mol. The minimum absolute atomic E-state index is 0.160. The van der Waals surface area contributed by atoms with Crippen molar-refractivity contribution < 1.29 is 4.74 Å². The highest BCUT2D eigenvalue weighted by molar-refractivity contribution is 6.20. The number of rotatable bonds is 6. The van der Waals surface area contributed by atoms with Gasteiger partial charge in [-0.3, -0.25) is 0 Å². The predicted octanol–water partition coefficient (Wildman–Crippen LogP) is 4.48. The number of methoxy groups -OCH3 is 1. The minimum atomic E-state index is 0.160. The number of alkyl halides is 1. The van der Waals surface area contributed by atoms with Gasteiger partial charge in [0.05, 0.1) is 7.11 Å². The van der Waals surface area contributed by atoms with Crippen LogP contribution in [0.2, 0.25) is 0 Å². The molecular formula is C17H19ClO. The van der Waals surface area contributed by atoms with Crippen LogP contribution in [-0.2, 0) is 12.8 Å². The van der Waals surface area contributed by atoms with Gasteiger partial charge in [0, 0.05) is 5.38 Å². The molecule has 0 N–H and O–H groups in total. The summed E-state index contributed by atoms with van der Waals surface area (Å²) < 4.78 is 5.22. The average Bonchev–Trinajstić information content (AvgIpc) is 2.46. The number of aryl methyl sites for hydroxylation is 1. The highest BCUT2D eigenvalue weighted by Crippen LogP contribution is 2.18. The molecule has 0 bridgehead atoms. The second-order valence-corrected chi connectivity index (χ2v) is 5.29. The lowest BCUT2D eigenvalue weighted by Gasteiger charge is -2.10. The van der Waals surface area contributed by atoms with Crippen LogP contribution in [0.25, 0.3) is 0 Å². The topological polar surface area (TPSA) is 9.23 Å². The maximum Gasteiger partial charge on any atom is 0.119 e. The third kappa shape index (κ3) is 4.60. The zero-order valence-electron chi connectivity index (χ0n) is 11.2. The second kappa shape index (κ2) is 7.20. The van der Waals surface area contributed by atoms with Crippen molar-refractivity contribution in [2.75, 3.05) is 7.11 Å². The summed E-state index contributed by atoms with van der Waals surface area (Å²) in [5.41, 5.74) is 2.58. The molecule has 0 spiro atoms. The fourth-order valence-electron chi connectivity index (χ4n) is 2.13. The van der Waals surface area contributed by atoms with Crippen LogP contribution in [0.5, 0.6) is 5.75 Å². The Morgan fingerprint density at radius 2 is 1.74 bits per heavy atom. The summed E-state index contributed by atoms with van der Waals surface area (Å²) >= 11 is 6.42. The highest BCUT2D eigenvalue weighted by Gasteiger charge is 2.07. The molecule has 0 aromatic heterocycles. The van der Waals surface area contributed by atoms with E-state index in [1.165, 1.54) is 11.1 Å². The van der Waals surface area contributed by atoms with Gasteiger partial charge >= 0.3 is 0 Å².